The SMILES string of the molecule is CCOC(=O)c1[nH]c(C)c(C(=O)OC(C)C(=O)NC(N)=O)c1C. The number of aromatic nitrogens is 1. The van der Waals surface area contributed by atoms with Gasteiger partial charge in [0, 0.05) is 5.69 Å². The van der Waals surface area contributed by atoms with Gasteiger partial charge in [0.2, 0.25) is 0 Å². The molecular weight excluding hydrogens is 306 g/mol. The Morgan fingerprint density at radius 1 is 1.22 bits per heavy atom. The van der Waals surface area contributed by atoms with Crippen LogP contribution >= 0.6 is 0 Å². The zero-order valence-corrected chi connectivity index (χ0v) is 13.3. The van der Waals surface area contributed by atoms with E-state index in [9.17, 15) is 19.2 Å². The summed E-state index contributed by atoms with van der Waals surface area (Å²) in [5, 5.41) is 1.81. The number of hydrogen-bond donors (Lipinski definition) is 3. The van der Waals surface area contributed by atoms with Crippen molar-refractivity contribution in [3.63, 3.8) is 0 Å². The fourth-order valence-corrected chi connectivity index (χ4v) is 1.96. The highest BCUT2D eigenvalue weighted by atomic mass is 16.5. The molecule has 9 heteroatoms. The molecule has 0 saturated heterocycles. The van der Waals surface area contributed by atoms with E-state index in [4.69, 9.17) is 15.2 Å². The number of esters is 2. The van der Waals surface area contributed by atoms with Crippen LogP contribution in [0.2, 0.25) is 0 Å². The summed E-state index contributed by atoms with van der Waals surface area (Å²) in [5.74, 6) is -2.24. The first-order valence-corrected chi connectivity index (χ1v) is 6.86. The third-order valence-corrected chi connectivity index (χ3v) is 3.02. The number of amides is 3. The van der Waals surface area contributed by atoms with E-state index in [0.717, 1.165) is 0 Å². The Morgan fingerprint density at radius 2 is 1.83 bits per heavy atom. The van der Waals surface area contributed by atoms with E-state index in [1.807, 2.05) is 5.32 Å². The Labute approximate surface area is 132 Å². The van der Waals surface area contributed by atoms with E-state index >= 15 is 0 Å². The lowest BCUT2D eigenvalue weighted by Gasteiger charge is -2.12. The number of aryl methyl sites for hydroxylation is 1. The summed E-state index contributed by atoms with van der Waals surface area (Å²) in [4.78, 5) is 48.9. The summed E-state index contributed by atoms with van der Waals surface area (Å²) in [7, 11) is 0. The van der Waals surface area contributed by atoms with E-state index in [1.54, 1.807) is 20.8 Å². The van der Waals surface area contributed by atoms with Gasteiger partial charge in [-0.2, -0.15) is 0 Å². The highest BCUT2D eigenvalue weighted by Gasteiger charge is 2.26. The van der Waals surface area contributed by atoms with Crippen LogP contribution < -0.4 is 11.1 Å². The molecule has 0 aliphatic carbocycles. The number of carbonyl (C=O) groups excluding carboxylic acids is 4. The number of carbonyl (C=O) groups is 4. The van der Waals surface area contributed by atoms with E-state index < -0.39 is 30.0 Å². The number of nitrogens with two attached hydrogens (primary N) is 1. The number of nitrogens with one attached hydrogen (secondary N) is 2. The summed E-state index contributed by atoms with van der Waals surface area (Å²) < 4.78 is 9.87. The minimum Gasteiger partial charge on any atom is -0.461 e. The fourth-order valence-electron chi connectivity index (χ4n) is 1.96. The maximum Gasteiger partial charge on any atom is 0.355 e. The largest absolute Gasteiger partial charge is 0.461 e. The predicted molar refractivity (Wildman–Crippen MR) is 78.8 cm³/mol. The van der Waals surface area contributed by atoms with Crippen molar-refractivity contribution in [3.8, 4) is 0 Å². The van der Waals surface area contributed by atoms with Gasteiger partial charge in [-0.1, -0.05) is 0 Å². The summed E-state index contributed by atoms with van der Waals surface area (Å²) in [6, 6.07) is -1.04. The van der Waals surface area contributed by atoms with Gasteiger partial charge in [-0.15, -0.1) is 0 Å². The van der Waals surface area contributed by atoms with Crippen LogP contribution in [0, 0.1) is 13.8 Å². The van der Waals surface area contributed by atoms with Crippen molar-refractivity contribution in [2.75, 3.05) is 6.61 Å². The molecule has 0 aliphatic heterocycles. The molecule has 126 valence electrons. The number of hydrogen-bond acceptors (Lipinski definition) is 6. The Kier molecular flexibility index (Phi) is 5.88. The number of H-pyrrole nitrogens is 1. The number of primary amides is 1. The Hall–Kier alpha value is -2.84. The molecule has 4 N–H and O–H groups in total. The molecule has 0 spiro atoms. The van der Waals surface area contributed by atoms with E-state index in [1.165, 1.54) is 6.92 Å². The average molecular weight is 325 g/mol. The second kappa shape index (κ2) is 7.43. The molecule has 0 saturated carbocycles. The molecule has 0 bridgehead atoms. The van der Waals surface area contributed by atoms with Gasteiger partial charge in [-0.05, 0) is 33.3 Å². The lowest BCUT2D eigenvalue weighted by molar-refractivity contribution is -0.127. The van der Waals surface area contributed by atoms with Crippen LogP contribution in [-0.2, 0) is 14.3 Å². The molecule has 23 heavy (non-hydrogen) atoms. The first-order chi connectivity index (χ1) is 10.7. The lowest BCUT2D eigenvalue weighted by Crippen LogP contribution is -2.42. The molecule has 0 fully saturated rings. The summed E-state index contributed by atoms with van der Waals surface area (Å²) in [6.07, 6.45) is -1.23. The standard InChI is InChI=1S/C14H19N3O6/c1-5-22-13(20)10-6(2)9(7(3)16-10)12(19)23-8(4)11(18)17-14(15)21/h8,16H,5H2,1-4H3,(H3,15,17,18,21). The maximum atomic E-state index is 12.2. The topological polar surface area (TPSA) is 141 Å². The van der Waals surface area contributed by atoms with Crippen LogP contribution in [0.4, 0.5) is 4.79 Å². The Balaban J connectivity index is 2.94. The number of imide groups is 1. The van der Waals surface area contributed by atoms with Crippen molar-refractivity contribution in [1.29, 1.82) is 0 Å². The summed E-state index contributed by atoms with van der Waals surface area (Å²) in [6.45, 7) is 6.29. The van der Waals surface area contributed by atoms with Crippen molar-refractivity contribution in [3.05, 3.63) is 22.5 Å². The van der Waals surface area contributed by atoms with Crippen molar-refractivity contribution in [1.82, 2.24) is 10.3 Å². The molecule has 0 radical (unpaired) electrons. The van der Waals surface area contributed by atoms with Crippen LogP contribution in [-0.4, -0.2) is 41.6 Å². The normalized spacial score (nSPS) is 11.5. The second-order valence-corrected chi connectivity index (χ2v) is 4.75. The van der Waals surface area contributed by atoms with Crippen molar-refractivity contribution >= 4 is 23.9 Å². The zero-order chi connectivity index (χ0) is 17.7. The van der Waals surface area contributed by atoms with Crippen LogP contribution in [0.15, 0.2) is 0 Å². The third kappa shape index (κ3) is 4.31. The highest BCUT2D eigenvalue weighted by molar-refractivity contribution is 6.01. The molecule has 1 unspecified atom stereocenters. The predicted octanol–water partition coefficient (Wildman–Crippen LogP) is 0.548. The van der Waals surface area contributed by atoms with Crippen LogP contribution in [0.25, 0.3) is 0 Å². The third-order valence-electron chi connectivity index (χ3n) is 3.02. The molecule has 1 aromatic heterocycles. The Morgan fingerprint density at radius 3 is 2.35 bits per heavy atom. The molecule has 1 heterocycles. The van der Waals surface area contributed by atoms with Gasteiger partial charge in [0.15, 0.2) is 6.10 Å². The highest BCUT2D eigenvalue weighted by Crippen LogP contribution is 2.20. The van der Waals surface area contributed by atoms with Crippen LogP contribution in [0.3, 0.4) is 0 Å². The molecule has 3 amide bonds. The minimum absolute atomic E-state index is 0.131. The lowest BCUT2D eigenvalue weighted by atomic mass is 10.1. The van der Waals surface area contributed by atoms with Gasteiger partial charge < -0.3 is 20.2 Å². The summed E-state index contributed by atoms with van der Waals surface area (Å²) >= 11 is 0. The van der Waals surface area contributed by atoms with Crippen LogP contribution in [0.5, 0.6) is 0 Å². The molecule has 9 nitrogen and oxygen atoms in total. The maximum absolute atomic E-state index is 12.2. The van der Waals surface area contributed by atoms with Crippen molar-refractivity contribution in [2.24, 2.45) is 5.73 Å². The first-order valence-electron chi connectivity index (χ1n) is 6.86. The second-order valence-electron chi connectivity index (χ2n) is 4.75. The quantitative estimate of drug-likeness (QED) is 0.675. The van der Waals surface area contributed by atoms with E-state index in [0.29, 0.717) is 11.3 Å². The number of ether oxygens (including phenoxy) is 2. The zero-order valence-electron chi connectivity index (χ0n) is 13.3. The van der Waals surface area contributed by atoms with Gasteiger partial charge in [-0.3, -0.25) is 10.1 Å². The molecule has 0 aromatic carbocycles. The number of urea groups is 1. The molecule has 0 aliphatic rings. The average Bonchev–Trinajstić information content (AvgIpc) is 2.73. The molecular formula is C14H19N3O6. The van der Waals surface area contributed by atoms with Crippen LogP contribution in [0.1, 0.15) is 46.0 Å². The fraction of sp³-hybridized carbons (Fsp3) is 0.429. The van der Waals surface area contributed by atoms with E-state index in [-0.39, 0.29) is 17.9 Å². The van der Waals surface area contributed by atoms with Gasteiger partial charge >= 0.3 is 18.0 Å². The minimum atomic E-state index is -1.23. The van der Waals surface area contributed by atoms with Gasteiger partial charge in [-0.25, -0.2) is 14.4 Å². The molecule has 1 atom stereocenters. The first kappa shape index (κ1) is 18.2. The van der Waals surface area contributed by atoms with Crippen molar-refractivity contribution in [2.45, 2.75) is 33.8 Å². The Bertz CT molecular complexity index is 649. The summed E-state index contributed by atoms with van der Waals surface area (Å²) in [5.41, 5.74) is 5.85. The molecule has 1 rings (SSSR count). The number of rotatable bonds is 5. The van der Waals surface area contributed by atoms with Gasteiger partial charge in [0.25, 0.3) is 5.91 Å². The van der Waals surface area contributed by atoms with Crippen molar-refractivity contribution < 1.29 is 28.7 Å². The van der Waals surface area contributed by atoms with Gasteiger partial charge in [0.05, 0.1) is 12.2 Å². The monoisotopic (exact) mass is 325 g/mol. The number of aromatic amines is 1. The molecule has 1 aromatic rings. The van der Waals surface area contributed by atoms with E-state index in [2.05, 4.69) is 4.98 Å². The smallest absolute Gasteiger partial charge is 0.355 e. The van der Waals surface area contributed by atoms with Gasteiger partial charge in [0.1, 0.15) is 5.69 Å².